The topological polar surface area (TPSA) is 15.3 Å². The average molecular weight is 270 g/mol. The number of aryl methyl sites for hydroxylation is 1. The largest absolute Gasteiger partial charge is 0.369 e. The second-order valence-electron chi connectivity index (χ2n) is 5.43. The molecule has 1 N–H and O–H groups in total. The number of halogens is 2. The molecule has 108 valence electrons. The molecule has 0 fully saturated rings. The lowest BCUT2D eigenvalue weighted by Crippen LogP contribution is -2.27. The SMILES string of the molecule is Cc1ccc(N(C)CC(F)F)c(CNCC(C)C)c1. The van der Waals surface area contributed by atoms with Crippen LogP contribution in [-0.2, 0) is 6.54 Å². The van der Waals surface area contributed by atoms with Crippen LogP contribution in [0.2, 0.25) is 0 Å². The molecule has 1 aromatic carbocycles. The Hall–Kier alpha value is -1.16. The molecular formula is C15H24F2N2. The van der Waals surface area contributed by atoms with E-state index >= 15 is 0 Å². The van der Waals surface area contributed by atoms with Crippen LogP contribution < -0.4 is 10.2 Å². The number of alkyl halides is 2. The van der Waals surface area contributed by atoms with Gasteiger partial charge in [0, 0.05) is 19.3 Å². The van der Waals surface area contributed by atoms with Crippen molar-refractivity contribution in [3.63, 3.8) is 0 Å². The average Bonchev–Trinajstić information content (AvgIpc) is 2.27. The third kappa shape index (κ3) is 5.55. The smallest absolute Gasteiger partial charge is 0.255 e. The highest BCUT2D eigenvalue weighted by Crippen LogP contribution is 2.21. The summed E-state index contributed by atoms with van der Waals surface area (Å²) in [4.78, 5) is 1.62. The molecule has 0 spiro atoms. The Bertz CT molecular complexity index is 392. The zero-order valence-corrected chi connectivity index (χ0v) is 12.2. The van der Waals surface area contributed by atoms with Gasteiger partial charge in [0.2, 0.25) is 0 Å². The highest BCUT2D eigenvalue weighted by molar-refractivity contribution is 5.54. The van der Waals surface area contributed by atoms with Crippen LogP contribution in [0.1, 0.15) is 25.0 Å². The quantitative estimate of drug-likeness (QED) is 0.816. The van der Waals surface area contributed by atoms with Gasteiger partial charge in [0.15, 0.2) is 0 Å². The maximum atomic E-state index is 12.5. The minimum absolute atomic E-state index is 0.236. The van der Waals surface area contributed by atoms with E-state index in [9.17, 15) is 8.78 Å². The van der Waals surface area contributed by atoms with Gasteiger partial charge in [0.05, 0.1) is 6.54 Å². The first-order valence-electron chi connectivity index (χ1n) is 6.69. The second-order valence-corrected chi connectivity index (χ2v) is 5.43. The van der Waals surface area contributed by atoms with E-state index in [-0.39, 0.29) is 6.54 Å². The van der Waals surface area contributed by atoms with Gasteiger partial charge in [0.1, 0.15) is 0 Å². The first-order valence-corrected chi connectivity index (χ1v) is 6.69. The van der Waals surface area contributed by atoms with E-state index in [0.29, 0.717) is 12.5 Å². The van der Waals surface area contributed by atoms with Crippen molar-refractivity contribution in [2.24, 2.45) is 5.92 Å². The summed E-state index contributed by atoms with van der Waals surface area (Å²) in [5, 5.41) is 3.36. The highest BCUT2D eigenvalue weighted by Gasteiger charge is 2.12. The maximum Gasteiger partial charge on any atom is 0.255 e. The molecule has 0 bridgehead atoms. The molecule has 1 rings (SSSR count). The molecule has 0 aliphatic heterocycles. The predicted octanol–water partition coefficient (Wildman–Crippen LogP) is 3.44. The maximum absolute atomic E-state index is 12.5. The summed E-state index contributed by atoms with van der Waals surface area (Å²) < 4.78 is 25.0. The molecule has 0 amide bonds. The van der Waals surface area contributed by atoms with E-state index in [4.69, 9.17) is 0 Å². The summed E-state index contributed by atoms with van der Waals surface area (Å²) in [5.41, 5.74) is 3.10. The van der Waals surface area contributed by atoms with Crippen molar-refractivity contribution in [3.8, 4) is 0 Å². The number of hydrogen-bond donors (Lipinski definition) is 1. The Labute approximate surface area is 114 Å². The van der Waals surface area contributed by atoms with Gasteiger partial charge < -0.3 is 10.2 Å². The molecule has 0 aromatic heterocycles. The Kier molecular flexibility index (Phi) is 6.22. The molecule has 0 aliphatic carbocycles. The fourth-order valence-electron chi connectivity index (χ4n) is 2.03. The number of nitrogens with zero attached hydrogens (tertiary/aromatic N) is 1. The zero-order chi connectivity index (χ0) is 14.4. The van der Waals surface area contributed by atoms with Crippen LogP contribution in [-0.4, -0.2) is 26.6 Å². The number of anilines is 1. The van der Waals surface area contributed by atoms with Crippen LogP contribution in [0, 0.1) is 12.8 Å². The fourth-order valence-corrected chi connectivity index (χ4v) is 2.03. The summed E-state index contributed by atoms with van der Waals surface area (Å²) in [6.45, 7) is 7.71. The van der Waals surface area contributed by atoms with Gasteiger partial charge in [-0.2, -0.15) is 0 Å². The molecule has 4 heteroatoms. The number of benzene rings is 1. The Morgan fingerprint density at radius 3 is 2.53 bits per heavy atom. The summed E-state index contributed by atoms with van der Waals surface area (Å²) >= 11 is 0. The fraction of sp³-hybridized carbons (Fsp3) is 0.600. The van der Waals surface area contributed by atoms with Gasteiger partial charge in [-0.25, -0.2) is 8.78 Å². The van der Waals surface area contributed by atoms with Gasteiger partial charge in [-0.3, -0.25) is 0 Å². The van der Waals surface area contributed by atoms with E-state index < -0.39 is 6.43 Å². The van der Waals surface area contributed by atoms with Gasteiger partial charge in [-0.15, -0.1) is 0 Å². The van der Waals surface area contributed by atoms with Gasteiger partial charge >= 0.3 is 0 Å². The van der Waals surface area contributed by atoms with Crippen molar-refractivity contribution in [2.75, 3.05) is 25.0 Å². The summed E-state index contributed by atoms with van der Waals surface area (Å²) in [5.74, 6) is 0.576. The van der Waals surface area contributed by atoms with E-state index in [2.05, 4.69) is 25.2 Å². The Morgan fingerprint density at radius 1 is 1.26 bits per heavy atom. The number of rotatable bonds is 7. The number of nitrogens with one attached hydrogen (secondary N) is 1. The van der Waals surface area contributed by atoms with Crippen molar-refractivity contribution in [2.45, 2.75) is 33.7 Å². The Morgan fingerprint density at radius 2 is 1.95 bits per heavy atom. The van der Waals surface area contributed by atoms with Crippen molar-refractivity contribution in [1.82, 2.24) is 5.32 Å². The summed E-state index contributed by atoms with van der Waals surface area (Å²) in [6, 6.07) is 5.94. The lowest BCUT2D eigenvalue weighted by molar-refractivity contribution is 0.156. The molecule has 0 radical (unpaired) electrons. The minimum Gasteiger partial charge on any atom is -0.369 e. The minimum atomic E-state index is -2.32. The molecule has 0 saturated carbocycles. The van der Waals surface area contributed by atoms with Crippen LogP contribution in [0.3, 0.4) is 0 Å². The molecule has 19 heavy (non-hydrogen) atoms. The van der Waals surface area contributed by atoms with Crippen molar-refractivity contribution < 1.29 is 8.78 Å². The molecule has 0 aliphatic rings. The molecule has 0 unspecified atom stereocenters. The third-order valence-electron chi connectivity index (χ3n) is 2.93. The molecule has 1 aromatic rings. The normalized spacial score (nSPS) is 11.4. The predicted molar refractivity (Wildman–Crippen MR) is 77.0 cm³/mol. The van der Waals surface area contributed by atoms with Crippen molar-refractivity contribution in [3.05, 3.63) is 29.3 Å². The van der Waals surface area contributed by atoms with E-state index in [1.165, 1.54) is 0 Å². The van der Waals surface area contributed by atoms with Crippen LogP contribution in [0.15, 0.2) is 18.2 Å². The van der Waals surface area contributed by atoms with Gasteiger partial charge in [-0.1, -0.05) is 31.5 Å². The van der Waals surface area contributed by atoms with Crippen molar-refractivity contribution >= 4 is 5.69 Å². The number of hydrogen-bond acceptors (Lipinski definition) is 2. The van der Waals surface area contributed by atoms with E-state index in [0.717, 1.165) is 23.4 Å². The van der Waals surface area contributed by atoms with Crippen LogP contribution >= 0.6 is 0 Å². The first-order chi connectivity index (χ1) is 8.90. The first kappa shape index (κ1) is 15.9. The molecule has 0 heterocycles. The second kappa shape index (κ2) is 7.43. The van der Waals surface area contributed by atoms with Crippen LogP contribution in [0.25, 0.3) is 0 Å². The zero-order valence-electron chi connectivity index (χ0n) is 12.2. The van der Waals surface area contributed by atoms with Crippen LogP contribution in [0.5, 0.6) is 0 Å². The third-order valence-corrected chi connectivity index (χ3v) is 2.93. The van der Waals surface area contributed by atoms with E-state index in [1.807, 2.05) is 19.1 Å². The van der Waals surface area contributed by atoms with Crippen molar-refractivity contribution in [1.29, 1.82) is 0 Å². The molecule has 0 atom stereocenters. The Balaban J connectivity index is 2.79. The molecule has 0 saturated heterocycles. The summed E-state index contributed by atoms with van der Waals surface area (Å²) in [6.07, 6.45) is -2.32. The molecule has 2 nitrogen and oxygen atoms in total. The monoisotopic (exact) mass is 270 g/mol. The van der Waals surface area contributed by atoms with E-state index in [1.54, 1.807) is 11.9 Å². The van der Waals surface area contributed by atoms with Gasteiger partial charge in [-0.05, 0) is 31.0 Å². The van der Waals surface area contributed by atoms with Gasteiger partial charge in [0.25, 0.3) is 6.43 Å². The highest BCUT2D eigenvalue weighted by atomic mass is 19.3. The lowest BCUT2D eigenvalue weighted by atomic mass is 10.1. The lowest BCUT2D eigenvalue weighted by Gasteiger charge is -2.23. The standard InChI is InChI=1S/C15H24F2N2/c1-11(2)8-18-9-13-7-12(3)5-6-14(13)19(4)10-15(16)17/h5-7,11,15,18H,8-10H2,1-4H3. The van der Waals surface area contributed by atoms with Crippen LogP contribution in [0.4, 0.5) is 14.5 Å². The summed E-state index contributed by atoms with van der Waals surface area (Å²) in [7, 11) is 1.71. The molecular weight excluding hydrogens is 246 g/mol.